The van der Waals surface area contributed by atoms with Crippen LogP contribution < -0.4 is 9.36 Å². The normalized spacial score (nSPS) is 12.9. The van der Waals surface area contributed by atoms with Crippen LogP contribution in [0.4, 0.5) is 17.1 Å². The van der Waals surface area contributed by atoms with E-state index in [1.54, 1.807) is 0 Å². The Bertz CT molecular complexity index is 2200. The molecule has 1 nitrogen and oxygen atoms in total. The van der Waals surface area contributed by atoms with Gasteiger partial charge in [-0.15, -0.1) is 0 Å². The quantitative estimate of drug-likeness (QED) is 0.169. The van der Waals surface area contributed by atoms with Crippen molar-refractivity contribution in [2.24, 2.45) is 0 Å². The summed E-state index contributed by atoms with van der Waals surface area (Å²) < 4.78 is 1.14. The summed E-state index contributed by atoms with van der Waals surface area (Å²) >= 11 is 3.32. The Morgan fingerprint density at radius 2 is 1.02 bits per heavy atom. The van der Waals surface area contributed by atoms with Crippen molar-refractivity contribution < 1.29 is 0 Å². The summed E-state index contributed by atoms with van der Waals surface area (Å²) in [6, 6.07) is 57.5. The van der Waals surface area contributed by atoms with Gasteiger partial charge in [0.25, 0.3) is 0 Å². The molecule has 1 aliphatic rings. The van der Waals surface area contributed by atoms with E-state index < -0.39 is 0 Å². The van der Waals surface area contributed by atoms with Crippen molar-refractivity contribution in [3.8, 4) is 33.4 Å². The molecule has 0 aliphatic heterocycles. The molecule has 7 aromatic rings. The maximum atomic E-state index is 3.32. The van der Waals surface area contributed by atoms with E-state index in [-0.39, 0.29) is 5.41 Å². The Balaban J connectivity index is 1.29. The van der Waals surface area contributed by atoms with Crippen LogP contribution >= 0.6 is 0 Å². The molecule has 45 heavy (non-hydrogen) atoms. The van der Waals surface area contributed by atoms with Gasteiger partial charge in [0.1, 0.15) is 0 Å². The molecule has 2 heteroatoms. The molecule has 0 unspecified atom stereocenters. The van der Waals surface area contributed by atoms with Crippen LogP contribution in [0, 0.1) is 0 Å². The molecule has 0 aromatic heterocycles. The minimum atomic E-state index is -0.0801. The number of hydrogen-bond donors (Lipinski definition) is 0. The molecule has 0 saturated carbocycles. The number of nitrogens with zero attached hydrogens (tertiary/aromatic N) is 1. The summed E-state index contributed by atoms with van der Waals surface area (Å²) in [6.45, 7) is 4.69. The SMILES string of the molecule is CC1(C)c2ccccc2-c2ccc(N(c3ccc(-c4ccccc4)cc3)c3ccc([Se])c(-c4ccc5ccccc5c4)c3)cc21. The molecule has 8 rings (SSSR count). The average molecular weight is 642 g/mol. The van der Waals surface area contributed by atoms with Gasteiger partial charge in [-0.25, -0.2) is 0 Å². The first-order valence-electron chi connectivity index (χ1n) is 15.5. The van der Waals surface area contributed by atoms with Crippen LogP contribution in [0.1, 0.15) is 25.0 Å². The monoisotopic (exact) mass is 642 g/mol. The summed E-state index contributed by atoms with van der Waals surface area (Å²) in [6.07, 6.45) is 0. The van der Waals surface area contributed by atoms with Gasteiger partial charge in [0.2, 0.25) is 0 Å². The Morgan fingerprint density at radius 3 is 1.84 bits per heavy atom. The fourth-order valence-electron chi connectivity index (χ4n) is 6.95. The zero-order valence-electron chi connectivity index (χ0n) is 25.4. The molecular weight excluding hydrogens is 609 g/mol. The van der Waals surface area contributed by atoms with Crippen molar-refractivity contribution in [3.63, 3.8) is 0 Å². The molecule has 0 heterocycles. The van der Waals surface area contributed by atoms with Crippen molar-refractivity contribution in [1.82, 2.24) is 0 Å². The third-order valence-corrected chi connectivity index (χ3v) is 10.1. The van der Waals surface area contributed by atoms with Crippen molar-refractivity contribution in [2.75, 3.05) is 4.90 Å². The van der Waals surface area contributed by atoms with E-state index in [4.69, 9.17) is 0 Å². The van der Waals surface area contributed by atoms with Crippen LogP contribution in [0.5, 0.6) is 0 Å². The van der Waals surface area contributed by atoms with Gasteiger partial charge in [0, 0.05) is 0 Å². The molecule has 0 saturated heterocycles. The molecule has 1 aliphatic carbocycles. The predicted molar refractivity (Wildman–Crippen MR) is 192 cm³/mol. The van der Waals surface area contributed by atoms with Crippen molar-refractivity contribution in [2.45, 2.75) is 19.3 Å². The summed E-state index contributed by atoms with van der Waals surface area (Å²) in [7, 11) is 0. The summed E-state index contributed by atoms with van der Waals surface area (Å²) in [5.41, 5.74) is 13.6. The van der Waals surface area contributed by atoms with Crippen molar-refractivity contribution >= 4 is 48.3 Å². The molecule has 0 amide bonds. The standard InChI is InChI=1S/C43H32NSe/c1-43(2)40-15-9-8-14-37(40)38-24-22-36(28-41(38)43)44(34-20-18-31(19-21-34)29-10-4-3-5-11-29)35-23-25-42(45)39(27-35)33-17-16-30-12-6-7-13-32(30)26-33/h3-28H,1-2H3. The van der Waals surface area contributed by atoms with Gasteiger partial charge >= 0.3 is 269 Å². The van der Waals surface area contributed by atoms with E-state index in [1.165, 1.54) is 55.3 Å². The maximum absolute atomic E-state index is 3.32. The zero-order valence-corrected chi connectivity index (χ0v) is 27.1. The number of benzene rings is 7. The Morgan fingerprint density at radius 1 is 0.422 bits per heavy atom. The summed E-state index contributed by atoms with van der Waals surface area (Å²) in [5.74, 6) is 0. The van der Waals surface area contributed by atoms with Crippen LogP contribution in [-0.4, -0.2) is 16.0 Å². The minimum absolute atomic E-state index is 0.0801. The van der Waals surface area contributed by atoms with Crippen LogP contribution in [0.15, 0.2) is 158 Å². The fourth-order valence-corrected chi connectivity index (χ4v) is 7.47. The van der Waals surface area contributed by atoms with Crippen LogP contribution in [-0.2, 0) is 5.41 Å². The van der Waals surface area contributed by atoms with Gasteiger partial charge in [0.15, 0.2) is 0 Å². The number of rotatable bonds is 5. The third-order valence-electron chi connectivity index (χ3n) is 9.34. The van der Waals surface area contributed by atoms with Gasteiger partial charge in [-0.3, -0.25) is 0 Å². The number of anilines is 3. The molecule has 0 atom stereocenters. The Hall–Kier alpha value is -4.88. The molecule has 215 valence electrons. The first-order valence-corrected chi connectivity index (χ1v) is 16.3. The van der Waals surface area contributed by atoms with E-state index in [2.05, 4.69) is 192 Å². The van der Waals surface area contributed by atoms with E-state index in [1.807, 2.05) is 0 Å². The molecule has 0 spiro atoms. The Kier molecular flexibility index (Phi) is 6.72. The summed E-state index contributed by atoms with van der Waals surface area (Å²) in [4.78, 5) is 2.40. The number of fused-ring (bicyclic) bond motifs is 4. The van der Waals surface area contributed by atoms with Crippen LogP contribution in [0.3, 0.4) is 0 Å². The van der Waals surface area contributed by atoms with Gasteiger partial charge < -0.3 is 0 Å². The molecule has 0 fully saturated rings. The van der Waals surface area contributed by atoms with Gasteiger partial charge in [0.05, 0.1) is 0 Å². The van der Waals surface area contributed by atoms with Crippen molar-refractivity contribution in [1.29, 1.82) is 0 Å². The van der Waals surface area contributed by atoms with E-state index >= 15 is 0 Å². The second-order valence-electron chi connectivity index (χ2n) is 12.4. The molecule has 1 radical (unpaired) electrons. The van der Waals surface area contributed by atoms with E-state index in [9.17, 15) is 0 Å². The molecular formula is C43H32NSe. The van der Waals surface area contributed by atoms with Gasteiger partial charge in [-0.2, -0.15) is 0 Å². The van der Waals surface area contributed by atoms with Crippen molar-refractivity contribution in [3.05, 3.63) is 169 Å². The zero-order chi connectivity index (χ0) is 30.5. The van der Waals surface area contributed by atoms with E-state index in [0.717, 1.165) is 21.5 Å². The molecule has 7 aromatic carbocycles. The predicted octanol–water partition coefficient (Wildman–Crippen LogP) is 10.7. The second kappa shape index (κ2) is 10.9. The van der Waals surface area contributed by atoms with Gasteiger partial charge in [-0.05, 0) is 0 Å². The fraction of sp³-hybridized carbons (Fsp3) is 0.0698. The number of hydrogen-bond acceptors (Lipinski definition) is 1. The first kappa shape index (κ1) is 27.7. The molecule has 0 bridgehead atoms. The second-order valence-corrected chi connectivity index (χ2v) is 13.3. The first-order chi connectivity index (χ1) is 22.0. The van der Waals surface area contributed by atoms with Crippen LogP contribution in [0.25, 0.3) is 44.2 Å². The van der Waals surface area contributed by atoms with Crippen LogP contribution in [0.2, 0.25) is 0 Å². The average Bonchev–Trinajstić information content (AvgIpc) is 3.32. The van der Waals surface area contributed by atoms with Gasteiger partial charge in [-0.1, -0.05) is 6.07 Å². The topological polar surface area (TPSA) is 3.24 Å². The van der Waals surface area contributed by atoms with E-state index in [0.29, 0.717) is 0 Å². The Labute approximate surface area is 273 Å². The molecule has 0 N–H and O–H groups in total. The third kappa shape index (κ3) is 4.79. The summed E-state index contributed by atoms with van der Waals surface area (Å²) in [5, 5.41) is 2.49.